The molecule has 3 atom stereocenters. The zero-order valence-corrected chi connectivity index (χ0v) is 15.7. The SMILES string of the molecule is CC[C@@H]1C[C@H](NS(=O)(=O)C2CC2)C[C@@H]1N(N)c1c(N)cnc2[nH]ccc12.[HH].[HH]. The van der Waals surface area contributed by atoms with Gasteiger partial charge in [-0.3, -0.25) is 0 Å². The molecule has 4 rings (SSSR count). The summed E-state index contributed by atoms with van der Waals surface area (Å²) in [5, 5.41) is 2.41. The van der Waals surface area contributed by atoms with Gasteiger partial charge in [-0.1, -0.05) is 13.3 Å². The lowest BCUT2D eigenvalue weighted by Gasteiger charge is -2.31. The molecule has 0 amide bonds. The summed E-state index contributed by atoms with van der Waals surface area (Å²) in [6.45, 7) is 2.12. The zero-order chi connectivity index (χ0) is 18.5. The van der Waals surface area contributed by atoms with E-state index in [1.165, 1.54) is 0 Å². The highest BCUT2D eigenvalue weighted by molar-refractivity contribution is 7.90. The standard InChI is InChI=1S/C17H26N6O2S.2H2/c1-2-10-7-11(22-26(24,25)12-3-4-12)8-15(10)23(19)16-13-5-6-20-17(13)21-9-14(16)18;;/h5-6,9-12,15,22H,2-4,7-8,18-19H2,1H3,(H,20,21);2*1H/t10-,11+,15+;;/m1../s1. The van der Waals surface area contributed by atoms with Gasteiger partial charge >= 0.3 is 0 Å². The zero-order valence-electron chi connectivity index (χ0n) is 14.9. The first kappa shape index (κ1) is 17.6. The molecule has 0 unspecified atom stereocenters. The third kappa shape index (κ3) is 3.04. The lowest BCUT2D eigenvalue weighted by molar-refractivity contribution is 0.439. The second kappa shape index (κ2) is 6.40. The van der Waals surface area contributed by atoms with Crippen LogP contribution in [0.3, 0.4) is 0 Å². The van der Waals surface area contributed by atoms with Crippen LogP contribution in [0.2, 0.25) is 0 Å². The summed E-state index contributed by atoms with van der Waals surface area (Å²) in [7, 11) is -3.20. The van der Waals surface area contributed by atoms with Gasteiger partial charge in [0, 0.05) is 26.5 Å². The fraction of sp³-hybridized carbons (Fsp3) is 0.588. The number of nitrogens with two attached hydrogens (primary N) is 2. The van der Waals surface area contributed by atoms with Gasteiger partial charge in [-0.2, -0.15) is 0 Å². The van der Waals surface area contributed by atoms with Crippen LogP contribution in [0.4, 0.5) is 11.4 Å². The largest absolute Gasteiger partial charge is 0.396 e. The molecule has 2 heterocycles. The molecule has 0 spiro atoms. The Morgan fingerprint density at radius 3 is 2.88 bits per heavy atom. The molecule has 0 aromatic carbocycles. The Kier molecular flexibility index (Phi) is 4.32. The molecule has 9 heteroatoms. The normalized spacial score (nSPS) is 26.5. The molecule has 8 nitrogen and oxygen atoms in total. The van der Waals surface area contributed by atoms with Crippen molar-refractivity contribution >= 4 is 32.4 Å². The Balaban J connectivity index is 0.00000140. The first-order valence-electron chi connectivity index (χ1n) is 9.17. The molecule has 0 aliphatic heterocycles. The Morgan fingerprint density at radius 1 is 1.42 bits per heavy atom. The van der Waals surface area contributed by atoms with Crippen LogP contribution in [0, 0.1) is 5.92 Å². The number of nitrogens with zero attached hydrogens (tertiary/aromatic N) is 2. The number of anilines is 2. The Bertz CT molecular complexity index is 918. The van der Waals surface area contributed by atoms with E-state index in [1.54, 1.807) is 11.2 Å². The number of hydrogen-bond donors (Lipinski definition) is 4. The van der Waals surface area contributed by atoms with Gasteiger partial charge in [0.15, 0.2) is 0 Å². The second-order valence-corrected chi connectivity index (χ2v) is 9.47. The average molecular weight is 383 g/mol. The van der Waals surface area contributed by atoms with E-state index in [2.05, 4.69) is 21.6 Å². The van der Waals surface area contributed by atoms with Crippen molar-refractivity contribution in [3.8, 4) is 0 Å². The molecule has 0 radical (unpaired) electrons. The average Bonchev–Trinajstić information content (AvgIpc) is 3.24. The summed E-state index contributed by atoms with van der Waals surface area (Å²) >= 11 is 0. The van der Waals surface area contributed by atoms with Crippen LogP contribution in [0.5, 0.6) is 0 Å². The van der Waals surface area contributed by atoms with E-state index in [1.807, 2.05) is 12.3 Å². The third-order valence-corrected chi connectivity index (χ3v) is 7.69. The third-order valence-electron chi connectivity index (χ3n) is 5.68. The van der Waals surface area contributed by atoms with E-state index >= 15 is 0 Å². The highest BCUT2D eigenvalue weighted by Gasteiger charge is 2.42. The van der Waals surface area contributed by atoms with Gasteiger partial charge in [0.2, 0.25) is 10.0 Å². The van der Waals surface area contributed by atoms with Gasteiger partial charge < -0.3 is 15.7 Å². The number of aromatic nitrogens is 2. The van der Waals surface area contributed by atoms with E-state index in [9.17, 15) is 8.42 Å². The van der Waals surface area contributed by atoms with E-state index < -0.39 is 10.0 Å². The molecule has 2 aliphatic carbocycles. The van der Waals surface area contributed by atoms with Gasteiger partial charge in [-0.05, 0) is 37.7 Å². The van der Waals surface area contributed by atoms with Crippen LogP contribution >= 0.6 is 0 Å². The molecule has 2 fully saturated rings. The summed E-state index contributed by atoms with van der Waals surface area (Å²) < 4.78 is 27.5. The highest BCUT2D eigenvalue weighted by Crippen LogP contribution is 2.39. The molecule has 2 aromatic rings. The number of nitrogen functional groups attached to an aromatic ring is 1. The molecule has 146 valence electrons. The van der Waals surface area contributed by atoms with Crippen LogP contribution in [0.25, 0.3) is 11.0 Å². The maximum absolute atomic E-state index is 12.3. The predicted octanol–water partition coefficient (Wildman–Crippen LogP) is 1.96. The maximum atomic E-state index is 12.3. The fourth-order valence-electron chi connectivity index (χ4n) is 4.15. The number of hydrazine groups is 1. The Hall–Kier alpha value is -1.84. The summed E-state index contributed by atoms with van der Waals surface area (Å²) in [4.78, 5) is 7.36. The minimum absolute atomic E-state index is 0. The van der Waals surface area contributed by atoms with Crippen LogP contribution in [0.1, 0.15) is 41.9 Å². The molecule has 2 saturated carbocycles. The first-order chi connectivity index (χ1) is 12.4. The summed E-state index contributed by atoms with van der Waals surface area (Å²) in [5.41, 5.74) is 8.19. The smallest absolute Gasteiger partial charge is 0.214 e. The molecular weight excluding hydrogens is 352 g/mol. The van der Waals surface area contributed by atoms with E-state index in [0.29, 0.717) is 18.0 Å². The lowest BCUT2D eigenvalue weighted by Crippen LogP contribution is -2.44. The van der Waals surface area contributed by atoms with Crippen molar-refractivity contribution in [3.05, 3.63) is 18.5 Å². The lowest BCUT2D eigenvalue weighted by atomic mass is 9.99. The quantitative estimate of drug-likeness (QED) is 0.446. The predicted molar refractivity (Wildman–Crippen MR) is 107 cm³/mol. The van der Waals surface area contributed by atoms with Crippen molar-refractivity contribution in [2.24, 2.45) is 11.8 Å². The topological polar surface area (TPSA) is 130 Å². The van der Waals surface area contributed by atoms with Crippen LogP contribution in [0.15, 0.2) is 18.5 Å². The number of aromatic amines is 1. The molecule has 0 saturated heterocycles. The maximum Gasteiger partial charge on any atom is 0.214 e. The molecule has 26 heavy (non-hydrogen) atoms. The number of pyridine rings is 1. The molecule has 2 aromatic heterocycles. The second-order valence-electron chi connectivity index (χ2n) is 7.48. The van der Waals surface area contributed by atoms with Crippen LogP contribution in [-0.4, -0.2) is 35.7 Å². The molecule has 6 N–H and O–H groups in total. The fourth-order valence-corrected chi connectivity index (χ4v) is 5.75. The number of H-pyrrole nitrogens is 1. The van der Waals surface area contributed by atoms with E-state index in [4.69, 9.17) is 11.6 Å². The van der Waals surface area contributed by atoms with Gasteiger partial charge in [-0.15, -0.1) is 0 Å². The number of nitrogens with one attached hydrogen (secondary N) is 2. The monoisotopic (exact) mass is 382 g/mol. The number of sulfonamides is 1. The molecule has 0 bridgehead atoms. The molecular formula is C17H30N6O2S. The first-order valence-corrected chi connectivity index (χ1v) is 10.7. The number of fused-ring (bicyclic) bond motifs is 1. The summed E-state index contributed by atoms with van der Waals surface area (Å²) in [5.74, 6) is 6.82. The number of rotatable bonds is 6. The van der Waals surface area contributed by atoms with E-state index in [0.717, 1.165) is 42.4 Å². The number of hydrogen-bond acceptors (Lipinski definition) is 6. The minimum atomic E-state index is -3.20. The minimum Gasteiger partial charge on any atom is -0.396 e. The van der Waals surface area contributed by atoms with Gasteiger partial charge in [0.25, 0.3) is 0 Å². The summed E-state index contributed by atoms with van der Waals surface area (Å²) in [6, 6.07) is 1.86. The summed E-state index contributed by atoms with van der Waals surface area (Å²) in [6.07, 6.45) is 7.36. The van der Waals surface area contributed by atoms with Crippen molar-refractivity contribution in [2.45, 2.75) is 56.4 Å². The Labute approximate surface area is 156 Å². The highest BCUT2D eigenvalue weighted by atomic mass is 32.2. The van der Waals surface area contributed by atoms with Gasteiger partial charge in [0.1, 0.15) is 5.65 Å². The van der Waals surface area contributed by atoms with Crippen molar-refractivity contribution < 1.29 is 11.3 Å². The van der Waals surface area contributed by atoms with Gasteiger partial charge in [0.05, 0.1) is 22.8 Å². The van der Waals surface area contributed by atoms with Crippen molar-refractivity contribution in [1.82, 2.24) is 14.7 Å². The van der Waals surface area contributed by atoms with Crippen LogP contribution < -0.4 is 21.3 Å². The van der Waals surface area contributed by atoms with Crippen molar-refractivity contribution in [3.63, 3.8) is 0 Å². The van der Waals surface area contributed by atoms with E-state index in [-0.39, 0.29) is 20.2 Å². The Morgan fingerprint density at radius 2 is 2.19 bits per heavy atom. The van der Waals surface area contributed by atoms with Crippen molar-refractivity contribution in [2.75, 3.05) is 10.7 Å². The van der Waals surface area contributed by atoms with Gasteiger partial charge in [-0.25, -0.2) is 24.0 Å². The van der Waals surface area contributed by atoms with Crippen molar-refractivity contribution in [1.29, 1.82) is 0 Å². The van der Waals surface area contributed by atoms with Crippen LogP contribution in [-0.2, 0) is 10.0 Å². The molecule has 2 aliphatic rings.